The zero-order chi connectivity index (χ0) is 22.9. The molecule has 3 N–H and O–H groups in total. The number of hydrogen-bond acceptors (Lipinski definition) is 6. The highest BCUT2D eigenvalue weighted by molar-refractivity contribution is 5.83. The van der Waals surface area contributed by atoms with Crippen LogP contribution in [0.4, 0.5) is 0 Å². The molecule has 1 aliphatic heterocycles. The fraction of sp³-hybridized carbons (Fsp3) is 0.600. The molecular formula is C25H37N3O4. The molecule has 32 heavy (non-hydrogen) atoms. The van der Waals surface area contributed by atoms with Crippen LogP contribution in [-0.4, -0.2) is 65.4 Å². The van der Waals surface area contributed by atoms with Gasteiger partial charge >= 0.3 is 5.97 Å². The number of fused-ring (bicyclic) bond motifs is 1. The smallest absolute Gasteiger partial charge is 0.309 e. The standard InChI is InChI=1S/C25H37N3O4/c1-3-4-5-6-7-13-28-14-11-23(21(17-28)25(30)31)27-16-24(29)19-10-12-26-22-9-8-18(32-2)15-20(19)22/h8-10,12,15,21,23-24,27,29H,3-7,11,13-14,16-17H2,1-2H3,(H,30,31)/t21?,23?,24-/m0/s1. The minimum Gasteiger partial charge on any atom is -0.497 e. The summed E-state index contributed by atoms with van der Waals surface area (Å²) >= 11 is 0. The summed E-state index contributed by atoms with van der Waals surface area (Å²) in [5, 5.41) is 24.9. The number of aliphatic hydroxyl groups is 1. The van der Waals surface area contributed by atoms with Crippen LogP contribution in [0.2, 0.25) is 0 Å². The number of rotatable bonds is 12. The number of aliphatic carboxylic acids is 1. The van der Waals surface area contributed by atoms with Gasteiger partial charge in [0, 0.05) is 30.7 Å². The Bertz CT molecular complexity index is 875. The lowest BCUT2D eigenvalue weighted by atomic mass is 9.91. The van der Waals surface area contributed by atoms with Crippen LogP contribution in [0, 0.1) is 5.92 Å². The Morgan fingerprint density at radius 2 is 2.09 bits per heavy atom. The first-order valence-corrected chi connectivity index (χ1v) is 11.8. The van der Waals surface area contributed by atoms with E-state index >= 15 is 0 Å². The number of methoxy groups -OCH3 is 1. The van der Waals surface area contributed by atoms with Gasteiger partial charge in [0.05, 0.1) is 24.6 Å². The molecule has 0 saturated carbocycles. The van der Waals surface area contributed by atoms with Gasteiger partial charge in [0.15, 0.2) is 0 Å². The van der Waals surface area contributed by atoms with Crippen molar-refractivity contribution in [3.05, 3.63) is 36.0 Å². The van der Waals surface area contributed by atoms with Crippen molar-refractivity contribution in [2.24, 2.45) is 5.92 Å². The highest BCUT2D eigenvalue weighted by Gasteiger charge is 2.34. The Balaban J connectivity index is 1.58. The average molecular weight is 444 g/mol. The SMILES string of the molecule is CCCCCCCN1CCC(NC[C@H](O)c2ccnc3ccc(OC)cc23)C(C(=O)O)C1. The van der Waals surface area contributed by atoms with Crippen LogP contribution in [0.15, 0.2) is 30.5 Å². The van der Waals surface area contributed by atoms with Gasteiger partial charge < -0.3 is 25.2 Å². The molecule has 1 saturated heterocycles. The van der Waals surface area contributed by atoms with Gasteiger partial charge in [0.25, 0.3) is 0 Å². The second-order valence-corrected chi connectivity index (χ2v) is 8.76. The largest absolute Gasteiger partial charge is 0.497 e. The molecule has 0 bridgehead atoms. The minimum atomic E-state index is -0.772. The topological polar surface area (TPSA) is 94.9 Å². The highest BCUT2D eigenvalue weighted by atomic mass is 16.5. The van der Waals surface area contributed by atoms with Crippen molar-refractivity contribution >= 4 is 16.9 Å². The fourth-order valence-corrected chi connectivity index (χ4v) is 4.59. The van der Waals surface area contributed by atoms with Gasteiger partial charge in [-0.2, -0.15) is 0 Å². The minimum absolute atomic E-state index is 0.152. The molecule has 0 amide bonds. The number of carboxylic acids is 1. The van der Waals surface area contributed by atoms with Crippen LogP contribution in [0.5, 0.6) is 5.75 Å². The zero-order valence-corrected chi connectivity index (χ0v) is 19.3. The molecule has 3 atom stereocenters. The van der Waals surface area contributed by atoms with E-state index in [-0.39, 0.29) is 6.04 Å². The maximum Gasteiger partial charge on any atom is 0.309 e. The van der Waals surface area contributed by atoms with E-state index in [0.29, 0.717) is 18.8 Å². The van der Waals surface area contributed by atoms with Crippen LogP contribution in [-0.2, 0) is 4.79 Å². The van der Waals surface area contributed by atoms with Crippen molar-refractivity contribution in [2.75, 3.05) is 33.3 Å². The predicted molar refractivity (Wildman–Crippen MR) is 126 cm³/mol. The number of nitrogens with one attached hydrogen (secondary N) is 1. The second kappa shape index (κ2) is 12.1. The Morgan fingerprint density at radius 3 is 2.84 bits per heavy atom. The van der Waals surface area contributed by atoms with Crippen molar-refractivity contribution in [2.45, 2.75) is 57.6 Å². The normalized spacial score (nSPS) is 20.3. The van der Waals surface area contributed by atoms with Gasteiger partial charge in [0.1, 0.15) is 5.75 Å². The number of pyridine rings is 1. The molecule has 3 rings (SSSR count). The number of piperidine rings is 1. The van der Waals surface area contributed by atoms with E-state index in [0.717, 1.165) is 42.4 Å². The van der Waals surface area contributed by atoms with Crippen LogP contribution in [0.1, 0.15) is 57.1 Å². The van der Waals surface area contributed by atoms with Crippen molar-refractivity contribution in [1.82, 2.24) is 15.2 Å². The maximum atomic E-state index is 11.9. The summed E-state index contributed by atoms with van der Waals surface area (Å²) in [5.74, 6) is -0.535. The van der Waals surface area contributed by atoms with E-state index in [1.165, 1.54) is 25.7 Å². The number of unbranched alkanes of at least 4 members (excludes halogenated alkanes) is 4. The first-order valence-electron chi connectivity index (χ1n) is 11.8. The number of benzene rings is 1. The van der Waals surface area contributed by atoms with Crippen molar-refractivity contribution in [1.29, 1.82) is 0 Å². The molecule has 2 heterocycles. The third kappa shape index (κ3) is 6.40. The number of likely N-dealkylation sites (tertiary alicyclic amines) is 1. The molecule has 176 valence electrons. The zero-order valence-electron chi connectivity index (χ0n) is 19.3. The second-order valence-electron chi connectivity index (χ2n) is 8.76. The summed E-state index contributed by atoms with van der Waals surface area (Å²) in [7, 11) is 1.61. The molecule has 7 nitrogen and oxygen atoms in total. The lowest BCUT2D eigenvalue weighted by Crippen LogP contribution is -2.53. The highest BCUT2D eigenvalue weighted by Crippen LogP contribution is 2.27. The predicted octanol–water partition coefficient (Wildman–Crippen LogP) is 3.61. The summed E-state index contributed by atoms with van der Waals surface area (Å²) in [6, 6.07) is 7.25. The molecule has 1 aromatic carbocycles. The molecule has 2 aromatic rings. The molecule has 2 unspecified atom stereocenters. The molecule has 0 aliphatic carbocycles. The summed E-state index contributed by atoms with van der Waals surface area (Å²) in [6.45, 7) is 4.92. The summed E-state index contributed by atoms with van der Waals surface area (Å²) < 4.78 is 5.31. The van der Waals surface area contributed by atoms with E-state index in [4.69, 9.17) is 4.74 Å². The van der Waals surface area contributed by atoms with Gasteiger partial charge in [-0.3, -0.25) is 9.78 Å². The van der Waals surface area contributed by atoms with Gasteiger partial charge in [-0.1, -0.05) is 32.6 Å². The Labute approximate surface area is 190 Å². The quantitative estimate of drug-likeness (QED) is 0.431. The van der Waals surface area contributed by atoms with Gasteiger partial charge in [-0.25, -0.2) is 0 Å². The number of hydrogen-bond donors (Lipinski definition) is 3. The lowest BCUT2D eigenvalue weighted by Gasteiger charge is -2.37. The fourth-order valence-electron chi connectivity index (χ4n) is 4.59. The van der Waals surface area contributed by atoms with Crippen LogP contribution < -0.4 is 10.1 Å². The molecule has 7 heteroatoms. The third-order valence-electron chi connectivity index (χ3n) is 6.51. The summed E-state index contributed by atoms with van der Waals surface area (Å²) in [4.78, 5) is 18.6. The maximum absolute atomic E-state index is 11.9. The Kier molecular flexibility index (Phi) is 9.26. The Hall–Kier alpha value is -2.22. The molecule has 1 fully saturated rings. The van der Waals surface area contributed by atoms with E-state index < -0.39 is 18.0 Å². The van der Waals surface area contributed by atoms with E-state index in [1.54, 1.807) is 13.3 Å². The third-order valence-corrected chi connectivity index (χ3v) is 6.51. The number of aliphatic hydroxyl groups excluding tert-OH is 1. The van der Waals surface area contributed by atoms with E-state index in [1.807, 2.05) is 24.3 Å². The molecule has 0 radical (unpaired) electrons. The van der Waals surface area contributed by atoms with Gasteiger partial charge in [0.2, 0.25) is 0 Å². The number of carbonyl (C=O) groups is 1. The summed E-state index contributed by atoms with van der Waals surface area (Å²) in [5.41, 5.74) is 1.55. The Morgan fingerprint density at radius 1 is 1.28 bits per heavy atom. The van der Waals surface area contributed by atoms with E-state index in [2.05, 4.69) is 22.1 Å². The van der Waals surface area contributed by atoms with Crippen molar-refractivity contribution in [3.8, 4) is 5.75 Å². The van der Waals surface area contributed by atoms with Crippen LogP contribution in [0.3, 0.4) is 0 Å². The molecule has 1 aliphatic rings. The monoisotopic (exact) mass is 443 g/mol. The van der Waals surface area contributed by atoms with Gasteiger partial charge in [-0.05, 0) is 55.8 Å². The summed E-state index contributed by atoms with van der Waals surface area (Å²) in [6.07, 6.45) is 7.78. The molecule has 0 spiro atoms. The lowest BCUT2D eigenvalue weighted by molar-refractivity contribution is -0.144. The van der Waals surface area contributed by atoms with Crippen molar-refractivity contribution < 1.29 is 19.7 Å². The molecule has 1 aromatic heterocycles. The van der Waals surface area contributed by atoms with Gasteiger partial charge in [-0.15, -0.1) is 0 Å². The molecular weight excluding hydrogens is 406 g/mol. The van der Waals surface area contributed by atoms with Crippen LogP contribution >= 0.6 is 0 Å². The average Bonchev–Trinajstić information content (AvgIpc) is 2.81. The number of nitrogens with zero attached hydrogens (tertiary/aromatic N) is 2. The van der Waals surface area contributed by atoms with Crippen molar-refractivity contribution in [3.63, 3.8) is 0 Å². The number of ether oxygens (including phenoxy) is 1. The number of aromatic nitrogens is 1. The van der Waals surface area contributed by atoms with Crippen LogP contribution in [0.25, 0.3) is 10.9 Å². The number of carboxylic acid groups (broad SMARTS) is 1. The first-order chi connectivity index (χ1) is 15.5. The first kappa shape index (κ1) is 24.4. The van der Waals surface area contributed by atoms with E-state index in [9.17, 15) is 15.0 Å².